The molecule has 0 amide bonds. The molecule has 0 unspecified atom stereocenters. The first kappa shape index (κ1) is 11.0. The van der Waals surface area contributed by atoms with Gasteiger partial charge in [-0.05, 0) is 11.8 Å². The summed E-state index contributed by atoms with van der Waals surface area (Å²) in [6, 6.07) is 1.21. The van der Waals surface area contributed by atoms with Crippen molar-refractivity contribution in [3.8, 4) is 0 Å². The van der Waals surface area contributed by atoms with E-state index in [4.69, 9.17) is 5.11 Å². The Bertz CT molecular complexity index is 131. The zero-order valence-corrected chi connectivity index (χ0v) is 9.20. The molecule has 0 aliphatic rings. The molecule has 0 aromatic carbocycles. The fourth-order valence-electron chi connectivity index (χ4n) is 0.538. The predicted octanol–water partition coefficient (Wildman–Crippen LogP) is 2.14. The zero-order valence-electron chi connectivity index (χ0n) is 7.39. The molecule has 0 saturated heterocycles. The lowest BCUT2D eigenvalue weighted by molar-refractivity contribution is -0.133. The van der Waals surface area contributed by atoms with Crippen LogP contribution < -0.4 is 0 Å². The van der Waals surface area contributed by atoms with Crippen LogP contribution in [0.25, 0.3) is 0 Å². The van der Waals surface area contributed by atoms with E-state index in [-0.39, 0.29) is 5.75 Å². The van der Waals surface area contributed by atoms with Gasteiger partial charge in [-0.15, -0.1) is 0 Å². The van der Waals surface area contributed by atoms with Gasteiger partial charge in [0, 0.05) is 8.07 Å². The fraction of sp³-hybridized carbons (Fsp3) is 0.857. The van der Waals surface area contributed by atoms with Crippen molar-refractivity contribution >= 4 is 25.8 Å². The van der Waals surface area contributed by atoms with E-state index in [1.807, 2.05) is 0 Å². The molecule has 0 aromatic rings. The van der Waals surface area contributed by atoms with Crippen LogP contribution in [0.1, 0.15) is 0 Å². The number of carboxylic acids is 1. The third-order valence-corrected chi connectivity index (χ3v) is 4.28. The zero-order chi connectivity index (χ0) is 8.91. The van der Waals surface area contributed by atoms with Crippen LogP contribution in [0.2, 0.25) is 25.7 Å². The molecule has 11 heavy (non-hydrogen) atoms. The smallest absolute Gasteiger partial charge is 0.313 e. The van der Waals surface area contributed by atoms with Gasteiger partial charge in [-0.1, -0.05) is 19.6 Å². The van der Waals surface area contributed by atoms with Crippen molar-refractivity contribution in [1.29, 1.82) is 0 Å². The van der Waals surface area contributed by atoms with E-state index in [9.17, 15) is 4.79 Å². The first-order valence-electron chi connectivity index (χ1n) is 3.71. The van der Waals surface area contributed by atoms with Crippen LogP contribution in [-0.4, -0.2) is 30.7 Å². The lowest BCUT2D eigenvalue weighted by Gasteiger charge is -2.14. The number of carbonyl (C=O) groups is 1. The molecule has 0 fully saturated rings. The van der Waals surface area contributed by atoms with Gasteiger partial charge in [-0.3, -0.25) is 4.79 Å². The molecule has 0 spiro atoms. The summed E-state index contributed by atoms with van der Waals surface area (Å²) in [5.74, 6) is 0.553. The van der Waals surface area contributed by atoms with Crippen LogP contribution in [0, 0.1) is 0 Å². The van der Waals surface area contributed by atoms with Crippen LogP contribution in [-0.2, 0) is 4.79 Å². The van der Waals surface area contributed by atoms with Crippen LogP contribution >= 0.6 is 11.8 Å². The molecule has 0 bridgehead atoms. The molecule has 2 nitrogen and oxygen atoms in total. The van der Waals surface area contributed by atoms with Crippen LogP contribution in [0.5, 0.6) is 0 Å². The normalized spacial score (nSPS) is 11.5. The van der Waals surface area contributed by atoms with Crippen molar-refractivity contribution in [3.05, 3.63) is 0 Å². The highest BCUT2D eigenvalue weighted by Gasteiger charge is 2.12. The number of thioether (sulfide) groups is 1. The standard InChI is InChI=1S/C7H16O2SSi/c1-11(2,3)5-4-10-6-7(8)9/h4-6H2,1-3H3,(H,8,9). The van der Waals surface area contributed by atoms with Crippen LogP contribution in [0.3, 0.4) is 0 Å². The second-order valence-electron chi connectivity index (χ2n) is 3.76. The maximum Gasteiger partial charge on any atom is 0.313 e. The average Bonchev–Trinajstić information content (AvgIpc) is 1.78. The molecule has 0 aliphatic carbocycles. The number of aliphatic carboxylic acids is 1. The van der Waals surface area contributed by atoms with Gasteiger partial charge in [0.05, 0.1) is 5.75 Å². The maximum atomic E-state index is 10.1. The van der Waals surface area contributed by atoms with Gasteiger partial charge in [0.15, 0.2) is 0 Å². The van der Waals surface area contributed by atoms with Gasteiger partial charge in [0.1, 0.15) is 0 Å². The average molecular weight is 192 g/mol. The topological polar surface area (TPSA) is 37.3 Å². The number of carboxylic acid groups (broad SMARTS) is 1. The highest BCUT2D eigenvalue weighted by molar-refractivity contribution is 8.00. The van der Waals surface area contributed by atoms with E-state index in [2.05, 4.69) is 19.6 Å². The quantitative estimate of drug-likeness (QED) is 0.535. The molecule has 4 heteroatoms. The summed E-state index contributed by atoms with van der Waals surface area (Å²) in [5.41, 5.74) is 0. The lowest BCUT2D eigenvalue weighted by atomic mass is 10.8. The maximum absolute atomic E-state index is 10.1. The molecule has 66 valence electrons. The number of hydrogen-bond donors (Lipinski definition) is 1. The Morgan fingerprint density at radius 3 is 2.36 bits per heavy atom. The SMILES string of the molecule is C[Si](C)(C)CCSCC(=O)O. The molecular weight excluding hydrogens is 176 g/mol. The van der Waals surface area contributed by atoms with Gasteiger partial charge in [0.2, 0.25) is 0 Å². The van der Waals surface area contributed by atoms with E-state index in [1.165, 1.54) is 17.8 Å². The summed E-state index contributed by atoms with van der Waals surface area (Å²) in [6.07, 6.45) is 0. The van der Waals surface area contributed by atoms with Crippen molar-refractivity contribution in [1.82, 2.24) is 0 Å². The number of rotatable bonds is 5. The molecule has 0 aliphatic heterocycles. The van der Waals surface area contributed by atoms with Crippen LogP contribution in [0.15, 0.2) is 0 Å². The highest BCUT2D eigenvalue weighted by Crippen LogP contribution is 2.12. The van der Waals surface area contributed by atoms with Crippen LogP contribution in [0.4, 0.5) is 0 Å². The minimum Gasteiger partial charge on any atom is -0.481 e. The third kappa shape index (κ3) is 10.0. The van der Waals surface area contributed by atoms with E-state index >= 15 is 0 Å². The van der Waals surface area contributed by atoms with E-state index in [0.29, 0.717) is 0 Å². The van der Waals surface area contributed by atoms with Crippen molar-refractivity contribution in [3.63, 3.8) is 0 Å². The van der Waals surface area contributed by atoms with E-state index in [1.54, 1.807) is 0 Å². The molecule has 0 saturated carbocycles. The van der Waals surface area contributed by atoms with E-state index in [0.717, 1.165) is 5.75 Å². The molecular formula is C7H16O2SSi. The summed E-state index contributed by atoms with van der Waals surface area (Å²) in [5, 5.41) is 8.33. The van der Waals surface area contributed by atoms with Gasteiger partial charge >= 0.3 is 5.97 Å². The highest BCUT2D eigenvalue weighted by atomic mass is 32.2. The summed E-state index contributed by atoms with van der Waals surface area (Å²) in [4.78, 5) is 10.1. The Labute approximate surface area is 73.4 Å². The second-order valence-corrected chi connectivity index (χ2v) is 10.5. The molecule has 1 N–H and O–H groups in total. The first-order valence-corrected chi connectivity index (χ1v) is 8.57. The largest absolute Gasteiger partial charge is 0.481 e. The molecule has 0 heterocycles. The van der Waals surface area contributed by atoms with Gasteiger partial charge in [-0.2, -0.15) is 11.8 Å². The van der Waals surface area contributed by atoms with E-state index < -0.39 is 14.0 Å². The minimum absolute atomic E-state index is 0.254. The summed E-state index contributed by atoms with van der Waals surface area (Å²) >= 11 is 1.52. The van der Waals surface area contributed by atoms with Crippen molar-refractivity contribution in [2.24, 2.45) is 0 Å². The van der Waals surface area contributed by atoms with Gasteiger partial charge in [0.25, 0.3) is 0 Å². The summed E-state index contributed by atoms with van der Waals surface area (Å²) < 4.78 is 0. The lowest BCUT2D eigenvalue weighted by Crippen LogP contribution is -2.20. The molecule has 0 radical (unpaired) electrons. The summed E-state index contributed by atoms with van der Waals surface area (Å²) in [6.45, 7) is 6.90. The Kier molecular flexibility index (Phi) is 4.84. The Morgan fingerprint density at radius 2 is 2.00 bits per heavy atom. The minimum atomic E-state index is -0.943. The molecule has 0 aromatic heterocycles. The molecule has 0 rings (SSSR count). The van der Waals surface area contributed by atoms with Gasteiger partial charge < -0.3 is 5.11 Å². The first-order chi connectivity index (χ1) is 4.92. The fourth-order valence-corrected chi connectivity index (χ4v) is 3.88. The van der Waals surface area contributed by atoms with Crippen molar-refractivity contribution in [2.75, 3.05) is 11.5 Å². The Balaban J connectivity index is 3.22. The van der Waals surface area contributed by atoms with Gasteiger partial charge in [-0.25, -0.2) is 0 Å². The second kappa shape index (κ2) is 4.82. The van der Waals surface area contributed by atoms with Crippen molar-refractivity contribution in [2.45, 2.75) is 25.7 Å². The predicted molar refractivity (Wildman–Crippen MR) is 53.1 cm³/mol. The third-order valence-electron chi connectivity index (χ3n) is 1.22. The number of hydrogen-bond acceptors (Lipinski definition) is 2. The Hall–Kier alpha value is 0.0369. The Morgan fingerprint density at radius 1 is 1.45 bits per heavy atom. The summed E-state index contributed by atoms with van der Waals surface area (Å²) in [7, 11) is -0.943. The monoisotopic (exact) mass is 192 g/mol. The van der Waals surface area contributed by atoms with Crippen molar-refractivity contribution < 1.29 is 9.90 Å². The molecule has 0 atom stereocenters.